The van der Waals surface area contributed by atoms with Gasteiger partial charge in [0.2, 0.25) is 0 Å². The van der Waals surface area contributed by atoms with Gasteiger partial charge in [0.1, 0.15) is 0 Å². The van der Waals surface area contributed by atoms with Crippen LogP contribution in [0.2, 0.25) is 0 Å². The molecule has 1 atom stereocenters. The van der Waals surface area contributed by atoms with Crippen LogP contribution >= 0.6 is 0 Å². The summed E-state index contributed by atoms with van der Waals surface area (Å²) < 4.78 is 2.41. The smallest absolute Gasteiger partial charge is 0.0726 e. The molecule has 11 rings (SSSR count). The predicted octanol–water partition coefficient (Wildman–Crippen LogP) is 14.6. The highest BCUT2D eigenvalue weighted by atomic mass is 15.1. The van der Waals surface area contributed by atoms with Crippen molar-refractivity contribution in [3.63, 3.8) is 0 Å². The van der Waals surface area contributed by atoms with E-state index in [1.54, 1.807) is 0 Å². The first kappa shape index (κ1) is 37.1. The van der Waals surface area contributed by atoms with Crippen LogP contribution < -0.4 is 16.0 Å². The first-order valence-corrected chi connectivity index (χ1v) is 22.1. The summed E-state index contributed by atoms with van der Waals surface area (Å²) in [4.78, 5) is 2.41. The van der Waals surface area contributed by atoms with E-state index in [9.17, 15) is 0 Å². The van der Waals surface area contributed by atoms with Gasteiger partial charge >= 0.3 is 0 Å². The lowest BCUT2D eigenvalue weighted by Gasteiger charge is -2.32. The van der Waals surface area contributed by atoms with Gasteiger partial charge in [-0.3, -0.25) is 0 Å². The first-order valence-electron chi connectivity index (χ1n) is 22.1. The van der Waals surface area contributed by atoms with Crippen molar-refractivity contribution in [3.05, 3.63) is 210 Å². The predicted molar refractivity (Wildman–Crippen MR) is 257 cm³/mol. The lowest BCUT2D eigenvalue weighted by Crippen LogP contribution is -2.26. The summed E-state index contributed by atoms with van der Waals surface area (Å²) in [6.07, 6.45) is 4.33. The Kier molecular flexibility index (Phi) is 9.13. The molecule has 1 heterocycles. The number of fused-ring (bicyclic) bond motifs is 13. The van der Waals surface area contributed by atoms with E-state index >= 15 is 0 Å². The van der Waals surface area contributed by atoms with E-state index in [2.05, 4.69) is 211 Å². The Balaban J connectivity index is 1.06. The number of aromatic nitrogens is 1. The van der Waals surface area contributed by atoms with E-state index in [0.717, 1.165) is 60.7 Å². The number of benzene rings is 8. The number of nitrogens with zero attached hydrogens (tertiary/aromatic N) is 2. The minimum Gasteiger partial charge on any atom is -0.385 e. The zero-order valence-corrected chi connectivity index (χ0v) is 34.9. The zero-order chi connectivity index (χ0) is 41.1. The van der Waals surface area contributed by atoms with E-state index in [1.807, 2.05) is 0 Å². The average molecular weight is 791 g/mol. The van der Waals surface area contributed by atoms with E-state index in [0.29, 0.717) is 0 Å². The van der Waals surface area contributed by atoms with Crippen molar-refractivity contribution in [1.82, 2.24) is 4.57 Å². The molecular weight excluding hydrogens is 741 g/mol. The third kappa shape index (κ3) is 5.77. The molecule has 0 aliphatic heterocycles. The van der Waals surface area contributed by atoms with Crippen LogP contribution in [-0.2, 0) is 5.41 Å². The minimum absolute atomic E-state index is 0.0170. The van der Waals surface area contributed by atoms with Crippen LogP contribution in [0.1, 0.15) is 73.4 Å². The number of unbranched alkanes of at least 4 members (excludes halogenated alkanes) is 1. The summed E-state index contributed by atoms with van der Waals surface area (Å²) in [6.45, 7) is 5.40. The molecule has 0 bridgehead atoms. The Labute approximate surface area is 358 Å². The zero-order valence-electron chi connectivity index (χ0n) is 34.9. The largest absolute Gasteiger partial charge is 0.385 e. The van der Waals surface area contributed by atoms with Crippen molar-refractivity contribution in [1.29, 1.82) is 0 Å². The van der Waals surface area contributed by atoms with E-state index in [-0.39, 0.29) is 6.04 Å². The van der Waals surface area contributed by atoms with Crippen molar-refractivity contribution in [2.24, 2.45) is 5.73 Å². The van der Waals surface area contributed by atoms with Crippen LogP contribution in [0, 0.1) is 0 Å². The maximum atomic E-state index is 6.71. The molecule has 3 N–H and O–H groups in total. The fraction of sp³-hybridized carbons (Fsp3) is 0.158. The molecule has 2 aliphatic carbocycles. The van der Waals surface area contributed by atoms with Crippen LogP contribution in [0.15, 0.2) is 182 Å². The third-order valence-electron chi connectivity index (χ3n) is 13.3. The van der Waals surface area contributed by atoms with Gasteiger partial charge in [0.15, 0.2) is 0 Å². The number of para-hydroxylation sites is 1. The van der Waals surface area contributed by atoms with Gasteiger partial charge in [-0.1, -0.05) is 130 Å². The van der Waals surface area contributed by atoms with Gasteiger partial charge in [-0.15, -0.1) is 0 Å². The Morgan fingerprint density at radius 1 is 0.525 bits per heavy atom. The average Bonchev–Trinajstić information content (AvgIpc) is 3.91. The second kappa shape index (κ2) is 15.0. The monoisotopic (exact) mass is 790 g/mol. The molecule has 8 aromatic carbocycles. The molecule has 61 heavy (non-hydrogen) atoms. The molecule has 0 fully saturated rings. The molecule has 1 unspecified atom stereocenters. The number of hydrogen-bond acceptors (Lipinski definition) is 3. The molecule has 9 aromatic rings. The molecule has 298 valence electrons. The first-order chi connectivity index (χ1) is 30.1. The molecular formula is C57H50N4. The number of nitrogens with one attached hydrogen (secondary N) is 1. The second-order valence-corrected chi connectivity index (χ2v) is 16.8. The third-order valence-corrected chi connectivity index (χ3v) is 13.3. The minimum atomic E-state index is -0.413. The summed E-state index contributed by atoms with van der Waals surface area (Å²) >= 11 is 0. The fourth-order valence-corrected chi connectivity index (χ4v) is 10.5. The summed E-state index contributed by atoms with van der Waals surface area (Å²) in [5, 5.41) is 6.14. The molecule has 0 saturated carbocycles. The van der Waals surface area contributed by atoms with Gasteiger partial charge in [0.05, 0.1) is 16.4 Å². The van der Waals surface area contributed by atoms with Crippen LogP contribution in [0.25, 0.3) is 49.7 Å². The fourth-order valence-electron chi connectivity index (χ4n) is 10.5. The Morgan fingerprint density at radius 2 is 1.08 bits per heavy atom. The van der Waals surface area contributed by atoms with Crippen molar-refractivity contribution < 1.29 is 0 Å². The Morgan fingerprint density at radius 3 is 1.72 bits per heavy atom. The summed E-state index contributed by atoms with van der Waals surface area (Å²) in [5.74, 6) is 0. The van der Waals surface area contributed by atoms with Gasteiger partial charge < -0.3 is 20.5 Å². The topological polar surface area (TPSA) is 46.2 Å². The van der Waals surface area contributed by atoms with Gasteiger partial charge in [-0.05, 0) is 142 Å². The SMILES string of the molecule is CCCCNc1ccc2c(c1)c1cc(C(N)CCC)ccc1n2-c1ccc(N(c2ccccc2)c2ccc3c(c2)C2(c4ccccc4-c4ccccc42)c2ccccc2-3)cc1. The van der Waals surface area contributed by atoms with E-state index in [4.69, 9.17) is 5.73 Å². The molecule has 1 aromatic heterocycles. The van der Waals surface area contributed by atoms with Gasteiger partial charge in [0.25, 0.3) is 0 Å². The summed E-state index contributed by atoms with van der Waals surface area (Å²) in [7, 11) is 0. The number of nitrogens with two attached hydrogens (primary N) is 1. The number of rotatable bonds is 11. The number of hydrogen-bond donors (Lipinski definition) is 2. The van der Waals surface area contributed by atoms with Crippen molar-refractivity contribution >= 4 is 44.6 Å². The van der Waals surface area contributed by atoms with Gasteiger partial charge in [0, 0.05) is 51.8 Å². The highest BCUT2D eigenvalue weighted by Gasteiger charge is 2.51. The van der Waals surface area contributed by atoms with Crippen molar-refractivity contribution in [3.8, 4) is 27.9 Å². The molecule has 1 spiro atoms. The lowest BCUT2D eigenvalue weighted by atomic mass is 9.70. The molecule has 0 amide bonds. The van der Waals surface area contributed by atoms with Crippen molar-refractivity contribution in [2.45, 2.75) is 51.0 Å². The van der Waals surface area contributed by atoms with E-state index in [1.165, 1.54) is 71.9 Å². The van der Waals surface area contributed by atoms with Gasteiger partial charge in [-0.2, -0.15) is 0 Å². The highest BCUT2D eigenvalue weighted by Crippen LogP contribution is 2.63. The summed E-state index contributed by atoms with van der Waals surface area (Å²) in [5.41, 5.74) is 26.1. The second-order valence-electron chi connectivity index (χ2n) is 16.8. The molecule has 0 radical (unpaired) electrons. The standard InChI is InChI=1S/C57H50N4/c1-3-5-34-59-39-25-33-56-49(36-39)48-35-38(54(58)15-4-2)24-32-55(48)61(56)42-28-26-41(27-29-42)60(40-16-7-6-8-17-40)43-30-31-47-46-20-11-14-23-52(46)57(53(47)37-43)50-21-12-9-18-44(50)45-19-10-13-22-51(45)57/h6-14,16-33,35-37,54,59H,3-5,15,34,58H2,1-2H3. The molecule has 2 aliphatic rings. The molecule has 0 saturated heterocycles. The molecule has 4 heteroatoms. The maximum Gasteiger partial charge on any atom is 0.0726 e. The van der Waals surface area contributed by atoms with Crippen molar-refractivity contribution in [2.75, 3.05) is 16.8 Å². The van der Waals surface area contributed by atoms with E-state index < -0.39 is 5.41 Å². The quantitative estimate of drug-likeness (QED) is 0.128. The van der Waals surface area contributed by atoms with Crippen LogP contribution in [0.5, 0.6) is 0 Å². The van der Waals surface area contributed by atoms with Gasteiger partial charge in [-0.25, -0.2) is 0 Å². The number of anilines is 4. The van der Waals surface area contributed by atoms with Crippen LogP contribution in [-0.4, -0.2) is 11.1 Å². The Bertz CT molecular complexity index is 3020. The lowest BCUT2D eigenvalue weighted by molar-refractivity contribution is 0.639. The highest BCUT2D eigenvalue weighted by molar-refractivity contribution is 6.10. The van der Waals surface area contributed by atoms with Crippen LogP contribution in [0.4, 0.5) is 22.7 Å². The maximum absolute atomic E-state index is 6.71. The normalized spacial score (nSPS) is 13.6. The molecule has 4 nitrogen and oxygen atoms in total. The van der Waals surface area contributed by atoms with Crippen LogP contribution in [0.3, 0.4) is 0 Å². The summed E-state index contributed by atoms with van der Waals surface area (Å²) in [6, 6.07) is 67.8. The Hall–Kier alpha value is -6.88.